The Labute approximate surface area is 71.6 Å². The van der Waals surface area contributed by atoms with Gasteiger partial charge < -0.3 is 0 Å². The minimum Gasteiger partial charge on any atom is -0.266 e. The van der Waals surface area contributed by atoms with Crippen molar-refractivity contribution in [2.24, 2.45) is 0 Å². The number of hydrogen-bond acceptors (Lipinski definition) is 2. The lowest BCUT2D eigenvalue weighted by Crippen LogP contribution is -2.37. The Balaban J connectivity index is 2.25. The summed E-state index contributed by atoms with van der Waals surface area (Å²) in [5.41, 5.74) is 0. The van der Waals surface area contributed by atoms with Gasteiger partial charge in [-0.15, -0.1) is 0 Å². The molecule has 0 fully saturated rings. The van der Waals surface area contributed by atoms with Crippen LogP contribution in [0, 0.1) is 0 Å². The van der Waals surface area contributed by atoms with E-state index in [9.17, 15) is 0 Å². The predicted molar refractivity (Wildman–Crippen MR) is 48.2 cm³/mol. The van der Waals surface area contributed by atoms with Crippen molar-refractivity contribution in [3.05, 3.63) is 42.9 Å². The number of rotatable bonds is 1. The molecule has 12 heavy (non-hydrogen) atoms. The summed E-state index contributed by atoms with van der Waals surface area (Å²) in [6.07, 6.45) is 11.9. The molecule has 62 valence electrons. The van der Waals surface area contributed by atoms with Crippen LogP contribution < -0.4 is 5.01 Å². The van der Waals surface area contributed by atoms with E-state index >= 15 is 0 Å². The van der Waals surface area contributed by atoms with Crippen LogP contribution in [0.5, 0.6) is 0 Å². The highest BCUT2D eigenvalue weighted by molar-refractivity contribution is 5.22. The highest BCUT2D eigenvalue weighted by Crippen LogP contribution is 2.05. The third-order valence-electron chi connectivity index (χ3n) is 1.88. The average Bonchev–Trinajstić information content (AvgIpc) is 2.57. The molecule has 0 radical (unpaired) electrons. The van der Waals surface area contributed by atoms with Crippen molar-refractivity contribution in [3.63, 3.8) is 0 Å². The Morgan fingerprint density at radius 3 is 2.92 bits per heavy atom. The van der Waals surface area contributed by atoms with Crippen LogP contribution in [-0.4, -0.2) is 15.9 Å². The van der Waals surface area contributed by atoms with Crippen LogP contribution in [0.4, 0.5) is 0 Å². The van der Waals surface area contributed by atoms with Gasteiger partial charge in [0.05, 0.1) is 12.2 Å². The van der Waals surface area contributed by atoms with Crippen molar-refractivity contribution in [2.45, 2.75) is 13.0 Å². The Bertz CT molecular complexity index is 298. The molecular formula is C9H11N3. The van der Waals surface area contributed by atoms with Gasteiger partial charge in [-0.25, -0.2) is 0 Å². The molecule has 3 heteroatoms. The first-order valence-corrected chi connectivity index (χ1v) is 4.01. The predicted octanol–water partition coefficient (Wildman–Crippen LogP) is 1.29. The molecule has 0 spiro atoms. The van der Waals surface area contributed by atoms with Crippen molar-refractivity contribution < 1.29 is 0 Å². The van der Waals surface area contributed by atoms with Gasteiger partial charge in [-0.2, -0.15) is 9.89 Å². The number of aromatic nitrogens is 2. The summed E-state index contributed by atoms with van der Waals surface area (Å²) in [5.74, 6) is 0. The first-order chi connectivity index (χ1) is 5.88. The van der Waals surface area contributed by atoms with Gasteiger partial charge in [0.2, 0.25) is 0 Å². The number of nitrogens with zero attached hydrogens (tertiary/aromatic N) is 3. The molecule has 0 aliphatic carbocycles. The van der Waals surface area contributed by atoms with Gasteiger partial charge >= 0.3 is 0 Å². The quantitative estimate of drug-likeness (QED) is 0.619. The highest BCUT2D eigenvalue weighted by atomic mass is 15.7. The van der Waals surface area contributed by atoms with Crippen molar-refractivity contribution in [1.29, 1.82) is 0 Å². The van der Waals surface area contributed by atoms with E-state index in [0.29, 0.717) is 6.04 Å². The van der Waals surface area contributed by atoms with Gasteiger partial charge in [0, 0.05) is 12.4 Å². The smallest absolute Gasteiger partial charge is 0.0674 e. The van der Waals surface area contributed by atoms with Crippen LogP contribution in [0.15, 0.2) is 42.9 Å². The van der Waals surface area contributed by atoms with Gasteiger partial charge in [-0.1, -0.05) is 12.2 Å². The number of hydrogen-bond donors (Lipinski definition) is 0. The maximum Gasteiger partial charge on any atom is 0.0674 e. The zero-order chi connectivity index (χ0) is 8.39. The summed E-state index contributed by atoms with van der Waals surface area (Å²) in [6, 6.07) is 2.29. The van der Waals surface area contributed by atoms with Gasteiger partial charge in [-0.3, -0.25) is 5.01 Å². The fourth-order valence-electron chi connectivity index (χ4n) is 1.24. The van der Waals surface area contributed by atoms with E-state index in [1.165, 1.54) is 0 Å². The summed E-state index contributed by atoms with van der Waals surface area (Å²) < 4.78 is 0. The van der Waals surface area contributed by atoms with Crippen molar-refractivity contribution in [1.82, 2.24) is 9.89 Å². The van der Waals surface area contributed by atoms with Gasteiger partial charge in [0.1, 0.15) is 0 Å². The Hall–Kier alpha value is -1.51. The van der Waals surface area contributed by atoms with Crippen LogP contribution in [-0.2, 0) is 0 Å². The second-order valence-electron chi connectivity index (χ2n) is 2.77. The summed E-state index contributed by atoms with van der Waals surface area (Å²) in [4.78, 5) is 1.82. The molecule has 1 aliphatic rings. The van der Waals surface area contributed by atoms with E-state index < -0.39 is 0 Å². The molecule has 0 amide bonds. The second-order valence-corrected chi connectivity index (χ2v) is 2.77. The van der Waals surface area contributed by atoms with E-state index in [-0.39, 0.29) is 0 Å². The number of allylic oxidation sites excluding steroid dienone is 2. The summed E-state index contributed by atoms with van der Waals surface area (Å²) in [6.45, 7) is 2.13. The maximum atomic E-state index is 4.15. The monoisotopic (exact) mass is 161 g/mol. The van der Waals surface area contributed by atoms with Gasteiger partial charge in [0.15, 0.2) is 0 Å². The second kappa shape index (κ2) is 2.85. The standard InChI is InChI=1S/C9H11N3/c1-9-5-2-3-7-11(9)12-8-4-6-10-12/h2-9H,1H3. The van der Waals surface area contributed by atoms with Crippen molar-refractivity contribution in [2.75, 3.05) is 5.01 Å². The third kappa shape index (κ3) is 1.13. The van der Waals surface area contributed by atoms with Gasteiger partial charge in [0.25, 0.3) is 0 Å². The van der Waals surface area contributed by atoms with E-state index in [1.54, 1.807) is 6.20 Å². The molecule has 0 saturated heterocycles. The van der Waals surface area contributed by atoms with Crippen LogP contribution in [0.25, 0.3) is 0 Å². The van der Waals surface area contributed by atoms with E-state index in [1.807, 2.05) is 35.4 Å². The average molecular weight is 161 g/mol. The van der Waals surface area contributed by atoms with Crippen LogP contribution in [0.3, 0.4) is 0 Å². The molecule has 2 heterocycles. The molecular weight excluding hydrogens is 150 g/mol. The highest BCUT2D eigenvalue weighted by Gasteiger charge is 2.09. The summed E-state index contributed by atoms with van der Waals surface area (Å²) in [5, 5.41) is 6.20. The fraction of sp³-hybridized carbons (Fsp3) is 0.222. The summed E-state index contributed by atoms with van der Waals surface area (Å²) in [7, 11) is 0. The Morgan fingerprint density at radius 1 is 1.33 bits per heavy atom. The molecule has 1 unspecified atom stereocenters. The molecule has 0 bridgehead atoms. The Morgan fingerprint density at radius 2 is 2.25 bits per heavy atom. The zero-order valence-electron chi connectivity index (χ0n) is 6.96. The SMILES string of the molecule is CC1C=CC=CN1n1cccn1. The van der Waals surface area contributed by atoms with Crippen LogP contribution in [0.2, 0.25) is 0 Å². The first kappa shape index (κ1) is 7.16. The van der Waals surface area contributed by atoms with Crippen molar-refractivity contribution >= 4 is 0 Å². The zero-order valence-corrected chi connectivity index (χ0v) is 6.96. The molecule has 1 aromatic rings. The summed E-state index contributed by atoms with van der Waals surface area (Å²) >= 11 is 0. The first-order valence-electron chi connectivity index (χ1n) is 4.01. The molecule has 0 aromatic carbocycles. The third-order valence-corrected chi connectivity index (χ3v) is 1.88. The maximum absolute atomic E-state index is 4.15. The van der Waals surface area contributed by atoms with Crippen LogP contribution >= 0.6 is 0 Å². The van der Waals surface area contributed by atoms with Crippen LogP contribution in [0.1, 0.15) is 6.92 Å². The molecule has 1 aromatic heterocycles. The lowest BCUT2D eigenvalue weighted by molar-refractivity contribution is 0.569. The molecule has 1 aliphatic heterocycles. The van der Waals surface area contributed by atoms with E-state index in [4.69, 9.17) is 0 Å². The minimum atomic E-state index is 0.370. The molecule has 0 saturated carbocycles. The fourth-order valence-corrected chi connectivity index (χ4v) is 1.24. The van der Waals surface area contributed by atoms with E-state index in [2.05, 4.69) is 23.1 Å². The largest absolute Gasteiger partial charge is 0.266 e. The molecule has 2 rings (SSSR count). The van der Waals surface area contributed by atoms with Gasteiger partial charge in [-0.05, 0) is 19.1 Å². The minimum absolute atomic E-state index is 0.370. The Kier molecular flexibility index (Phi) is 1.70. The molecule has 3 nitrogen and oxygen atoms in total. The molecule has 1 atom stereocenters. The van der Waals surface area contributed by atoms with E-state index in [0.717, 1.165) is 0 Å². The lowest BCUT2D eigenvalue weighted by Gasteiger charge is -2.26. The molecule has 0 N–H and O–H groups in total. The lowest BCUT2D eigenvalue weighted by atomic mass is 10.2. The normalized spacial score (nSPS) is 21.8. The van der Waals surface area contributed by atoms with Crippen molar-refractivity contribution in [3.8, 4) is 0 Å². The topological polar surface area (TPSA) is 21.1 Å².